The van der Waals surface area contributed by atoms with Gasteiger partial charge in [-0.2, -0.15) is 5.10 Å². The molecule has 0 aliphatic heterocycles. The predicted molar refractivity (Wildman–Crippen MR) is 97.3 cm³/mol. The van der Waals surface area contributed by atoms with Gasteiger partial charge in [-0.3, -0.25) is 14.5 Å². The topological polar surface area (TPSA) is 67.2 Å². The van der Waals surface area contributed by atoms with Crippen molar-refractivity contribution in [3.8, 4) is 0 Å². The molecule has 136 valence electrons. The van der Waals surface area contributed by atoms with Crippen LogP contribution in [0, 0.1) is 5.92 Å². The molecule has 24 heavy (non-hydrogen) atoms. The Morgan fingerprint density at radius 3 is 2.46 bits per heavy atom. The van der Waals surface area contributed by atoms with Gasteiger partial charge in [-0.25, -0.2) is 4.68 Å². The first kappa shape index (κ1) is 20.4. The second-order valence-corrected chi connectivity index (χ2v) is 6.49. The average molecular weight is 336 g/mol. The second kappa shape index (κ2) is 10.2. The molecule has 1 unspecified atom stereocenters. The number of aryl methyl sites for hydroxylation is 1. The Labute approximate surface area is 145 Å². The summed E-state index contributed by atoms with van der Waals surface area (Å²) in [6.07, 6.45) is 1.83. The van der Waals surface area contributed by atoms with E-state index < -0.39 is 0 Å². The minimum atomic E-state index is -0.222. The summed E-state index contributed by atoms with van der Waals surface area (Å²) in [5, 5.41) is 7.15. The Morgan fingerprint density at radius 2 is 1.92 bits per heavy atom. The van der Waals surface area contributed by atoms with Crippen LogP contribution < -0.4 is 10.9 Å². The minimum absolute atomic E-state index is 0.172. The van der Waals surface area contributed by atoms with E-state index in [-0.39, 0.29) is 11.5 Å². The molecule has 1 aromatic heterocycles. The summed E-state index contributed by atoms with van der Waals surface area (Å²) < 4.78 is 1.35. The lowest BCUT2D eigenvalue weighted by Gasteiger charge is -2.31. The monoisotopic (exact) mass is 336 g/mol. The normalized spacial score (nSPS) is 12.6. The van der Waals surface area contributed by atoms with Gasteiger partial charge in [0.15, 0.2) is 0 Å². The Balaban J connectivity index is 2.78. The molecule has 0 fully saturated rings. The number of hydrogen-bond acceptors (Lipinski definition) is 4. The van der Waals surface area contributed by atoms with E-state index in [0.29, 0.717) is 30.7 Å². The quantitative estimate of drug-likeness (QED) is 0.711. The number of hydrogen-bond donors (Lipinski definition) is 1. The minimum Gasteiger partial charge on any atom is -0.349 e. The first-order chi connectivity index (χ1) is 11.4. The summed E-state index contributed by atoms with van der Waals surface area (Å²) >= 11 is 0. The fourth-order valence-corrected chi connectivity index (χ4v) is 2.89. The maximum absolute atomic E-state index is 12.4. The highest BCUT2D eigenvalue weighted by molar-refractivity contribution is 5.92. The largest absolute Gasteiger partial charge is 0.349 e. The summed E-state index contributed by atoms with van der Waals surface area (Å²) in [6.45, 7) is 13.7. The van der Waals surface area contributed by atoms with Crippen LogP contribution in [0.15, 0.2) is 16.9 Å². The maximum atomic E-state index is 12.4. The molecule has 1 atom stereocenters. The summed E-state index contributed by atoms with van der Waals surface area (Å²) in [6, 6.07) is 3.22. The van der Waals surface area contributed by atoms with Crippen molar-refractivity contribution in [2.24, 2.45) is 5.92 Å². The molecule has 1 N–H and O–H groups in total. The third kappa shape index (κ3) is 6.07. The van der Waals surface area contributed by atoms with E-state index in [0.717, 1.165) is 25.9 Å². The summed E-state index contributed by atoms with van der Waals surface area (Å²) in [7, 11) is 0. The van der Waals surface area contributed by atoms with Gasteiger partial charge in [-0.05, 0) is 37.9 Å². The van der Waals surface area contributed by atoms with Gasteiger partial charge in [0.1, 0.15) is 5.69 Å². The van der Waals surface area contributed by atoms with Crippen molar-refractivity contribution in [3.05, 3.63) is 28.2 Å². The van der Waals surface area contributed by atoms with Crippen molar-refractivity contribution in [2.45, 2.75) is 60.0 Å². The Morgan fingerprint density at radius 1 is 1.25 bits per heavy atom. The van der Waals surface area contributed by atoms with Crippen molar-refractivity contribution in [1.29, 1.82) is 0 Å². The Kier molecular flexibility index (Phi) is 8.68. The highest BCUT2D eigenvalue weighted by Crippen LogP contribution is 2.11. The zero-order chi connectivity index (χ0) is 18.1. The maximum Gasteiger partial charge on any atom is 0.271 e. The first-order valence-corrected chi connectivity index (χ1v) is 9.03. The average Bonchev–Trinajstić information content (AvgIpc) is 2.55. The van der Waals surface area contributed by atoms with Crippen molar-refractivity contribution in [3.63, 3.8) is 0 Å². The predicted octanol–water partition coefficient (Wildman–Crippen LogP) is 2.14. The van der Waals surface area contributed by atoms with E-state index in [1.807, 2.05) is 6.92 Å². The highest BCUT2D eigenvalue weighted by atomic mass is 16.2. The van der Waals surface area contributed by atoms with Gasteiger partial charge in [0.05, 0.1) is 0 Å². The highest BCUT2D eigenvalue weighted by Gasteiger charge is 2.19. The number of carbonyl (C=O) groups is 1. The number of carbonyl (C=O) groups excluding carboxylic acids is 1. The van der Waals surface area contributed by atoms with Crippen molar-refractivity contribution in [1.82, 2.24) is 20.0 Å². The molecule has 1 amide bonds. The van der Waals surface area contributed by atoms with E-state index in [1.165, 1.54) is 16.8 Å². The number of likely N-dealkylation sites (N-methyl/N-ethyl adjacent to an activating group) is 1. The van der Waals surface area contributed by atoms with Crippen molar-refractivity contribution < 1.29 is 4.79 Å². The summed E-state index contributed by atoms with van der Waals surface area (Å²) in [5.74, 6) is 0.345. The molecule has 6 heteroatoms. The van der Waals surface area contributed by atoms with Crippen LogP contribution in [0.4, 0.5) is 0 Å². The number of amides is 1. The molecule has 6 nitrogen and oxygen atoms in total. The Bertz CT molecular complexity index is 564. The van der Waals surface area contributed by atoms with Gasteiger partial charge in [0.2, 0.25) is 0 Å². The van der Waals surface area contributed by atoms with Crippen LogP contribution in [0.1, 0.15) is 57.9 Å². The zero-order valence-corrected chi connectivity index (χ0v) is 15.7. The van der Waals surface area contributed by atoms with E-state index >= 15 is 0 Å². The third-order valence-corrected chi connectivity index (χ3v) is 4.11. The van der Waals surface area contributed by atoms with E-state index in [2.05, 4.69) is 43.0 Å². The molecule has 0 spiro atoms. The lowest BCUT2D eigenvalue weighted by molar-refractivity contribution is 0.0921. The number of rotatable bonds is 10. The lowest BCUT2D eigenvalue weighted by Crippen LogP contribution is -2.45. The van der Waals surface area contributed by atoms with Crippen molar-refractivity contribution >= 4 is 5.91 Å². The van der Waals surface area contributed by atoms with Crippen LogP contribution in [0.2, 0.25) is 0 Å². The Hall–Kier alpha value is -1.69. The molecule has 0 aliphatic carbocycles. The van der Waals surface area contributed by atoms with Crippen LogP contribution in [0.3, 0.4) is 0 Å². The van der Waals surface area contributed by atoms with Gasteiger partial charge >= 0.3 is 0 Å². The second-order valence-electron chi connectivity index (χ2n) is 6.49. The van der Waals surface area contributed by atoms with Gasteiger partial charge in [-0.1, -0.05) is 34.6 Å². The standard InChI is InChI=1S/C18H32N4O2/c1-6-11-22-17(23)10-9-16(20-22)18(24)19-13-15(12-14(4)5)21(7-2)8-3/h9-10,14-15H,6-8,11-13H2,1-5H3,(H,19,24). The number of nitrogens with zero attached hydrogens (tertiary/aromatic N) is 3. The molecular weight excluding hydrogens is 304 g/mol. The van der Waals surface area contributed by atoms with E-state index in [1.54, 1.807) is 0 Å². The van der Waals surface area contributed by atoms with Gasteiger partial charge in [-0.15, -0.1) is 0 Å². The molecule has 0 saturated heterocycles. The van der Waals surface area contributed by atoms with Gasteiger partial charge < -0.3 is 5.32 Å². The fourth-order valence-electron chi connectivity index (χ4n) is 2.89. The smallest absolute Gasteiger partial charge is 0.271 e. The van der Waals surface area contributed by atoms with Crippen LogP contribution in [-0.4, -0.2) is 46.3 Å². The third-order valence-electron chi connectivity index (χ3n) is 4.11. The number of aromatic nitrogens is 2. The number of nitrogens with one attached hydrogen (secondary N) is 1. The van der Waals surface area contributed by atoms with Gasteiger partial charge in [0, 0.05) is 25.2 Å². The van der Waals surface area contributed by atoms with E-state index in [4.69, 9.17) is 0 Å². The van der Waals surface area contributed by atoms with Crippen LogP contribution in [0.5, 0.6) is 0 Å². The van der Waals surface area contributed by atoms with Gasteiger partial charge in [0.25, 0.3) is 11.5 Å². The molecular formula is C18H32N4O2. The molecule has 1 heterocycles. The van der Waals surface area contributed by atoms with Crippen LogP contribution in [-0.2, 0) is 6.54 Å². The van der Waals surface area contributed by atoms with Crippen molar-refractivity contribution in [2.75, 3.05) is 19.6 Å². The van der Waals surface area contributed by atoms with E-state index in [9.17, 15) is 9.59 Å². The van der Waals surface area contributed by atoms with Crippen LogP contribution in [0.25, 0.3) is 0 Å². The SMILES string of the molecule is CCCn1nc(C(=O)NCC(CC(C)C)N(CC)CC)ccc1=O. The molecule has 0 radical (unpaired) electrons. The summed E-state index contributed by atoms with van der Waals surface area (Å²) in [4.78, 5) is 26.5. The zero-order valence-electron chi connectivity index (χ0n) is 15.7. The molecule has 0 aliphatic rings. The first-order valence-electron chi connectivity index (χ1n) is 9.03. The molecule has 0 aromatic carbocycles. The molecule has 0 bridgehead atoms. The summed E-state index contributed by atoms with van der Waals surface area (Å²) in [5.41, 5.74) is 0.125. The molecule has 0 saturated carbocycles. The molecule has 1 rings (SSSR count). The molecule has 1 aromatic rings. The van der Waals surface area contributed by atoms with Crippen LogP contribution >= 0.6 is 0 Å². The fraction of sp³-hybridized carbons (Fsp3) is 0.722. The lowest BCUT2D eigenvalue weighted by atomic mass is 10.0.